The first-order valence-corrected chi connectivity index (χ1v) is 7.39. The second kappa shape index (κ2) is 7.98. The zero-order valence-electron chi connectivity index (χ0n) is 13.0. The van der Waals surface area contributed by atoms with Crippen molar-refractivity contribution >= 4 is 6.03 Å². The molecule has 1 aromatic rings. The van der Waals surface area contributed by atoms with Gasteiger partial charge in [0, 0.05) is 13.1 Å². The van der Waals surface area contributed by atoms with Crippen LogP contribution in [0.25, 0.3) is 0 Å². The summed E-state index contributed by atoms with van der Waals surface area (Å²) in [4.78, 5) is 11.7. The van der Waals surface area contributed by atoms with Gasteiger partial charge in [-0.15, -0.1) is 0 Å². The molecule has 0 aliphatic rings. The van der Waals surface area contributed by atoms with Crippen molar-refractivity contribution in [2.24, 2.45) is 0 Å². The van der Waals surface area contributed by atoms with Gasteiger partial charge in [0.2, 0.25) is 0 Å². The second-order valence-electron chi connectivity index (χ2n) is 5.36. The van der Waals surface area contributed by atoms with Crippen molar-refractivity contribution < 1.29 is 14.3 Å². The number of aryl methyl sites for hydroxylation is 1. The Morgan fingerprint density at radius 2 is 1.95 bits per heavy atom. The number of urea groups is 1. The van der Waals surface area contributed by atoms with Crippen LogP contribution >= 0.6 is 0 Å². The molecule has 0 aliphatic heterocycles. The summed E-state index contributed by atoms with van der Waals surface area (Å²) >= 11 is 0. The van der Waals surface area contributed by atoms with Crippen molar-refractivity contribution in [1.29, 1.82) is 0 Å². The van der Waals surface area contributed by atoms with Crippen molar-refractivity contribution in [2.75, 3.05) is 13.1 Å². The fourth-order valence-electron chi connectivity index (χ4n) is 2.06. The minimum atomic E-state index is -0.842. The van der Waals surface area contributed by atoms with Crippen LogP contribution in [0.5, 0.6) is 0 Å². The lowest BCUT2D eigenvalue weighted by Gasteiger charge is -2.25. The SMILES string of the molecule is CCC(O)(CC)CNC(=O)NCCc1ccc(F)cc1C. The van der Waals surface area contributed by atoms with Crippen LogP contribution in [0.1, 0.15) is 37.8 Å². The lowest BCUT2D eigenvalue weighted by atomic mass is 9.98. The molecule has 0 spiro atoms. The largest absolute Gasteiger partial charge is 0.388 e. The second-order valence-corrected chi connectivity index (χ2v) is 5.36. The molecule has 0 saturated heterocycles. The average Bonchev–Trinajstić information content (AvgIpc) is 2.47. The van der Waals surface area contributed by atoms with Gasteiger partial charge in [0.25, 0.3) is 0 Å². The lowest BCUT2D eigenvalue weighted by Crippen LogP contribution is -2.46. The van der Waals surface area contributed by atoms with Crippen LogP contribution < -0.4 is 10.6 Å². The third-order valence-electron chi connectivity index (χ3n) is 3.88. The molecular weight excluding hydrogens is 271 g/mol. The molecule has 3 N–H and O–H groups in total. The third kappa shape index (κ3) is 5.71. The van der Waals surface area contributed by atoms with Gasteiger partial charge in [0.15, 0.2) is 0 Å². The van der Waals surface area contributed by atoms with Gasteiger partial charge in [-0.2, -0.15) is 0 Å². The van der Waals surface area contributed by atoms with Crippen molar-refractivity contribution in [2.45, 2.75) is 45.6 Å². The Labute approximate surface area is 125 Å². The van der Waals surface area contributed by atoms with Crippen molar-refractivity contribution in [3.63, 3.8) is 0 Å². The zero-order chi connectivity index (χ0) is 15.9. The van der Waals surface area contributed by atoms with Crippen LogP contribution in [0.3, 0.4) is 0 Å². The monoisotopic (exact) mass is 296 g/mol. The Hall–Kier alpha value is -1.62. The summed E-state index contributed by atoms with van der Waals surface area (Å²) in [6, 6.07) is 4.34. The van der Waals surface area contributed by atoms with E-state index in [1.165, 1.54) is 12.1 Å². The molecule has 0 bridgehead atoms. The molecule has 0 radical (unpaired) electrons. The number of nitrogens with one attached hydrogen (secondary N) is 2. The smallest absolute Gasteiger partial charge is 0.314 e. The highest BCUT2D eigenvalue weighted by Crippen LogP contribution is 2.12. The Morgan fingerprint density at radius 3 is 2.52 bits per heavy atom. The van der Waals surface area contributed by atoms with E-state index in [9.17, 15) is 14.3 Å². The van der Waals surface area contributed by atoms with Crippen LogP contribution in [-0.4, -0.2) is 29.8 Å². The summed E-state index contributed by atoms with van der Waals surface area (Å²) in [7, 11) is 0. The predicted octanol–water partition coefficient (Wildman–Crippen LogP) is 2.53. The topological polar surface area (TPSA) is 61.4 Å². The first kappa shape index (κ1) is 17.4. The zero-order valence-corrected chi connectivity index (χ0v) is 13.0. The van der Waals surface area contributed by atoms with E-state index in [4.69, 9.17) is 0 Å². The molecular formula is C16H25FN2O2. The maximum absolute atomic E-state index is 13.0. The quantitative estimate of drug-likeness (QED) is 0.724. The first-order valence-electron chi connectivity index (χ1n) is 7.39. The van der Waals surface area contributed by atoms with E-state index < -0.39 is 5.60 Å². The van der Waals surface area contributed by atoms with E-state index in [1.807, 2.05) is 20.8 Å². The lowest BCUT2D eigenvalue weighted by molar-refractivity contribution is 0.0349. The highest BCUT2D eigenvalue weighted by molar-refractivity contribution is 5.73. The highest BCUT2D eigenvalue weighted by atomic mass is 19.1. The van der Waals surface area contributed by atoms with Gasteiger partial charge in [0.05, 0.1) is 5.60 Å². The summed E-state index contributed by atoms with van der Waals surface area (Å²) in [5.41, 5.74) is 1.05. The molecule has 0 aliphatic carbocycles. The number of carbonyl (C=O) groups is 1. The highest BCUT2D eigenvalue weighted by Gasteiger charge is 2.22. The molecule has 4 nitrogen and oxygen atoms in total. The third-order valence-corrected chi connectivity index (χ3v) is 3.88. The fourth-order valence-corrected chi connectivity index (χ4v) is 2.06. The molecule has 1 aromatic carbocycles. The molecule has 5 heteroatoms. The molecule has 1 rings (SSSR count). The summed E-state index contributed by atoms with van der Waals surface area (Å²) < 4.78 is 13.0. The number of hydrogen-bond acceptors (Lipinski definition) is 2. The van der Waals surface area contributed by atoms with Gasteiger partial charge in [-0.05, 0) is 49.4 Å². The number of carbonyl (C=O) groups excluding carboxylic acids is 1. The van der Waals surface area contributed by atoms with Crippen LogP contribution in [0.4, 0.5) is 9.18 Å². The molecule has 0 aromatic heterocycles. The van der Waals surface area contributed by atoms with Crippen molar-refractivity contribution in [3.8, 4) is 0 Å². The number of amides is 2. The molecule has 0 unspecified atom stereocenters. The number of hydrogen-bond donors (Lipinski definition) is 3. The van der Waals surface area contributed by atoms with Gasteiger partial charge >= 0.3 is 6.03 Å². The van der Waals surface area contributed by atoms with E-state index in [-0.39, 0.29) is 18.4 Å². The molecule has 0 heterocycles. The molecule has 21 heavy (non-hydrogen) atoms. The Morgan fingerprint density at radius 1 is 1.29 bits per heavy atom. The summed E-state index contributed by atoms with van der Waals surface area (Å²) in [6.45, 7) is 6.33. The summed E-state index contributed by atoms with van der Waals surface area (Å²) in [5, 5.41) is 15.5. The number of rotatable bonds is 7. The maximum Gasteiger partial charge on any atom is 0.314 e. The fraction of sp³-hybridized carbons (Fsp3) is 0.562. The van der Waals surface area contributed by atoms with Gasteiger partial charge in [-0.25, -0.2) is 9.18 Å². The normalized spacial score (nSPS) is 11.3. The molecule has 118 valence electrons. The van der Waals surface area contributed by atoms with Gasteiger partial charge < -0.3 is 15.7 Å². The van der Waals surface area contributed by atoms with Gasteiger partial charge in [-0.1, -0.05) is 19.9 Å². The molecule has 0 saturated carbocycles. The minimum Gasteiger partial charge on any atom is -0.388 e. The van der Waals surface area contributed by atoms with Gasteiger partial charge in [0.1, 0.15) is 5.82 Å². The Balaban J connectivity index is 2.34. The van der Waals surface area contributed by atoms with Crippen molar-refractivity contribution in [3.05, 3.63) is 35.1 Å². The van der Waals surface area contributed by atoms with Crippen LogP contribution in [0, 0.1) is 12.7 Å². The number of benzene rings is 1. The first-order chi connectivity index (χ1) is 9.90. The molecule has 0 fully saturated rings. The summed E-state index contributed by atoms with van der Waals surface area (Å²) in [5.74, 6) is -0.250. The summed E-state index contributed by atoms with van der Waals surface area (Å²) in [6.07, 6.45) is 1.84. The molecule has 2 amide bonds. The van der Waals surface area contributed by atoms with E-state index in [0.717, 1.165) is 11.1 Å². The maximum atomic E-state index is 13.0. The Bertz CT molecular complexity index is 473. The van der Waals surface area contributed by atoms with E-state index >= 15 is 0 Å². The van der Waals surface area contributed by atoms with Crippen LogP contribution in [-0.2, 0) is 6.42 Å². The van der Waals surface area contributed by atoms with E-state index in [1.54, 1.807) is 6.07 Å². The van der Waals surface area contributed by atoms with Gasteiger partial charge in [-0.3, -0.25) is 0 Å². The molecule has 0 atom stereocenters. The van der Waals surface area contributed by atoms with Crippen molar-refractivity contribution in [1.82, 2.24) is 10.6 Å². The minimum absolute atomic E-state index is 0.238. The number of halogens is 1. The van der Waals surface area contributed by atoms with Crippen LogP contribution in [0.2, 0.25) is 0 Å². The standard InChI is InChI=1S/C16H25FN2O2/c1-4-16(21,5-2)11-19-15(20)18-9-8-13-6-7-14(17)10-12(13)3/h6-7,10,21H,4-5,8-9,11H2,1-3H3,(H2,18,19,20). The predicted molar refractivity (Wildman–Crippen MR) is 81.8 cm³/mol. The Kier molecular flexibility index (Phi) is 6.62. The van der Waals surface area contributed by atoms with E-state index in [0.29, 0.717) is 25.8 Å². The number of aliphatic hydroxyl groups is 1. The average molecular weight is 296 g/mol. The van der Waals surface area contributed by atoms with E-state index in [2.05, 4.69) is 10.6 Å². The van der Waals surface area contributed by atoms with Crippen LogP contribution in [0.15, 0.2) is 18.2 Å².